The van der Waals surface area contributed by atoms with Crippen LogP contribution in [0.2, 0.25) is 0 Å². The van der Waals surface area contributed by atoms with Gasteiger partial charge in [0.1, 0.15) is 0 Å². The van der Waals surface area contributed by atoms with E-state index >= 15 is 0 Å². The van der Waals surface area contributed by atoms with Crippen LogP contribution >= 0.6 is 0 Å². The average molecular weight is 480 g/mol. The third-order valence-corrected chi connectivity index (χ3v) is 6.33. The molecule has 0 heterocycles. The van der Waals surface area contributed by atoms with Gasteiger partial charge in [0, 0.05) is 5.92 Å². The highest BCUT2D eigenvalue weighted by Crippen LogP contribution is 2.57. The quantitative estimate of drug-likeness (QED) is 0.357. The Balaban J connectivity index is 0.000000249. The van der Waals surface area contributed by atoms with Crippen LogP contribution in [0.1, 0.15) is 25.7 Å². The van der Waals surface area contributed by atoms with Crippen LogP contribution in [0.5, 0.6) is 0 Å². The van der Waals surface area contributed by atoms with Gasteiger partial charge in [-0.25, -0.2) is 8.42 Å². The van der Waals surface area contributed by atoms with E-state index < -0.39 is 33.1 Å². The minimum Gasteiger partial charge on any atom is -0.743 e. The van der Waals surface area contributed by atoms with Crippen molar-refractivity contribution in [1.29, 1.82) is 0 Å². The highest BCUT2D eigenvalue weighted by molar-refractivity contribution is 7.86. The van der Waals surface area contributed by atoms with E-state index in [9.17, 15) is 30.5 Å². The van der Waals surface area contributed by atoms with Gasteiger partial charge in [0.15, 0.2) is 13.7 Å². The van der Waals surface area contributed by atoms with Crippen LogP contribution in [-0.2, 0) is 10.1 Å². The van der Waals surface area contributed by atoms with Crippen LogP contribution in [-0.4, -0.2) is 24.1 Å². The van der Waals surface area contributed by atoms with Crippen LogP contribution < -0.4 is 22.6 Å². The molecule has 0 amide bonds. The summed E-state index contributed by atoms with van der Waals surface area (Å²) >= 11 is 2.02. The summed E-state index contributed by atoms with van der Waals surface area (Å²) in [7, 11) is -6.35. The SMILES string of the molecule is O=S(=O)([O-])C(F)(F)C(F)(F)C1CC2CCC1C2.[IH+]c1ccccc1. The van der Waals surface area contributed by atoms with E-state index in [1.807, 2.05) is 40.8 Å². The molecule has 0 spiro atoms. The summed E-state index contributed by atoms with van der Waals surface area (Å²) in [6.07, 6.45) is 1.42. The third-order valence-electron chi connectivity index (χ3n) is 4.65. The molecule has 1 aromatic carbocycles. The monoisotopic (exact) mass is 480 g/mol. The standard InChI is InChI=1S/C9H12F4O3S.C6H6I/c10-8(11,9(12,13)17(14,15)16)7-4-5-1-2-6(7)3-5;7-6-4-2-1-3-5-6/h5-7H,1-4H2,(H,14,15,16);1-5,7H/q;+1/p-1. The zero-order valence-electron chi connectivity index (χ0n) is 12.5. The van der Waals surface area contributed by atoms with Gasteiger partial charge in [-0.1, -0.05) is 24.6 Å². The van der Waals surface area contributed by atoms with Gasteiger partial charge in [-0.15, -0.1) is 0 Å². The Morgan fingerprint density at radius 3 is 1.96 bits per heavy atom. The molecule has 2 saturated carbocycles. The lowest BCUT2D eigenvalue weighted by Crippen LogP contribution is -3.34. The molecule has 0 saturated heterocycles. The van der Waals surface area contributed by atoms with Gasteiger partial charge in [0.05, 0.1) is 0 Å². The molecule has 0 radical (unpaired) electrons. The second-order valence-electron chi connectivity index (χ2n) is 6.19. The molecule has 2 bridgehead atoms. The fourth-order valence-electron chi connectivity index (χ4n) is 3.49. The van der Waals surface area contributed by atoms with Crippen LogP contribution in [0.25, 0.3) is 0 Å². The maximum absolute atomic E-state index is 13.5. The molecule has 3 unspecified atom stereocenters. The zero-order chi connectivity index (χ0) is 18.2. The second kappa shape index (κ2) is 7.06. The summed E-state index contributed by atoms with van der Waals surface area (Å²) in [5.74, 6) is -7.10. The van der Waals surface area contributed by atoms with E-state index in [1.54, 1.807) is 0 Å². The van der Waals surface area contributed by atoms with E-state index in [0.717, 1.165) is 0 Å². The molecule has 9 heteroatoms. The Morgan fingerprint density at radius 2 is 1.62 bits per heavy atom. The Labute approximate surface area is 151 Å². The smallest absolute Gasteiger partial charge is 0.396 e. The third kappa shape index (κ3) is 3.87. The lowest BCUT2D eigenvalue weighted by atomic mass is 9.84. The molecule has 1 aromatic rings. The van der Waals surface area contributed by atoms with Gasteiger partial charge in [-0.3, -0.25) is 0 Å². The normalized spacial score (nSPS) is 26.8. The summed E-state index contributed by atoms with van der Waals surface area (Å²) < 4.78 is 85.3. The van der Waals surface area contributed by atoms with Crippen molar-refractivity contribution >= 4 is 10.1 Å². The summed E-state index contributed by atoms with van der Waals surface area (Å²) in [6.45, 7) is 0. The molecule has 0 N–H and O–H groups in total. The van der Waals surface area contributed by atoms with Crippen LogP contribution in [0.3, 0.4) is 0 Å². The van der Waals surface area contributed by atoms with Crippen molar-refractivity contribution < 1.29 is 53.1 Å². The minimum atomic E-state index is -6.35. The van der Waals surface area contributed by atoms with Crippen molar-refractivity contribution in [3.63, 3.8) is 0 Å². The van der Waals surface area contributed by atoms with Crippen LogP contribution in [0, 0.1) is 21.3 Å². The summed E-state index contributed by atoms with van der Waals surface area (Å²) in [5, 5.41) is -5.52. The van der Waals surface area contributed by atoms with E-state index in [-0.39, 0.29) is 12.3 Å². The Bertz CT molecular complexity index is 667. The Kier molecular flexibility index (Phi) is 5.86. The summed E-state index contributed by atoms with van der Waals surface area (Å²) in [4.78, 5) is 0. The lowest BCUT2D eigenvalue weighted by molar-refractivity contribution is -0.328. The first kappa shape index (κ1) is 19.9. The maximum atomic E-state index is 13.5. The second-order valence-corrected chi connectivity index (χ2v) is 8.95. The zero-order valence-corrected chi connectivity index (χ0v) is 15.6. The largest absolute Gasteiger partial charge is 0.743 e. The molecule has 3 rings (SSSR count). The van der Waals surface area contributed by atoms with Gasteiger partial charge in [-0.2, -0.15) is 17.6 Å². The van der Waals surface area contributed by atoms with Crippen LogP contribution in [0.4, 0.5) is 17.6 Å². The summed E-state index contributed by atoms with van der Waals surface area (Å²) in [5.41, 5.74) is 0. The van der Waals surface area contributed by atoms with Gasteiger partial charge < -0.3 is 4.55 Å². The Hall–Kier alpha value is -0.420. The van der Waals surface area contributed by atoms with Gasteiger partial charge >= 0.3 is 11.2 Å². The predicted octanol–water partition coefficient (Wildman–Crippen LogP) is 0.338. The first-order valence-electron chi connectivity index (χ1n) is 7.40. The maximum Gasteiger partial charge on any atom is 0.396 e. The summed E-state index contributed by atoms with van der Waals surface area (Å²) in [6, 6.07) is 10.3. The minimum absolute atomic E-state index is 0.0407. The lowest BCUT2D eigenvalue weighted by Gasteiger charge is -2.36. The number of alkyl halides is 4. The van der Waals surface area contributed by atoms with Crippen molar-refractivity contribution in [1.82, 2.24) is 0 Å². The molecule has 2 fully saturated rings. The highest BCUT2D eigenvalue weighted by atomic mass is 127. The predicted molar refractivity (Wildman–Crippen MR) is 75.1 cm³/mol. The number of halogens is 5. The average Bonchev–Trinajstić information content (AvgIpc) is 3.10. The van der Waals surface area contributed by atoms with Crippen molar-refractivity contribution in [2.45, 2.75) is 36.9 Å². The Morgan fingerprint density at radius 1 is 1.04 bits per heavy atom. The number of fused-ring (bicyclic) bond motifs is 2. The van der Waals surface area contributed by atoms with E-state index in [4.69, 9.17) is 0 Å². The number of benzene rings is 1. The van der Waals surface area contributed by atoms with Crippen molar-refractivity contribution in [3.8, 4) is 0 Å². The van der Waals surface area contributed by atoms with E-state index in [1.165, 1.54) is 3.57 Å². The van der Waals surface area contributed by atoms with E-state index in [0.29, 0.717) is 19.3 Å². The molecule has 24 heavy (non-hydrogen) atoms. The van der Waals surface area contributed by atoms with Crippen LogP contribution in [0.15, 0.2) is 30.3 Å². The van der Waals surface area contributed by atoms with Gasteiger partial charge in [-0.05, 0) is 43.2 Å². The van der Waals surface area contributed by atoms with Gasteiger partial charge in [0.2, 0.25) is 0 Å². The first-order valence-corrected chi connectivity index (χ1v) is 9.97. The fourth-order valence-corrected chi connectivity index (χ4v) is 4.42. The number of rotatable bonds is 3. The molecule has 3 atom stereocenters. The number of hydrogen-bond donors (Lipinski definition) is 0. The van der Waals surface area contributed by atoms with E-state index in [2.05, 4.69) is 12.1 Å². The molecule has 3 nitrogen and oxygen atoms in total. The molecular weight excluding hydrogens is 463 g/mol. The van der Waals surface area contributed by atoms with Crippen molar-refractivity contribution in [2.75, 3.05) is 0 Å². The van der Waals surface area contributed by atoms with Crippen molar-refractivity contribution in [2.24, 2.45) is 17.8 Å². The first-order chi connectivity index (χ1) is 11.0. The molecule has 136 valence electrons. The molecule has 2 aliphatic carbocycles. The highest BCUT2D eigenvalue weighted by Gasteiger charge is 2.68. The fraction of sp³-hybridized carbons (Fsp3) is 0.600. The number of hydrogen-bond acceptors (Lipinski definition) is 3. The molecule has 0 aromatic heterocycles. The molecule has 2 aliphatic rings. The molecular formula is C15H17F4IO3S. The van der Waals surface area contributed by atoms with Gasteiger partial charge in [0.25, 0.3) is 22.6 Å². The topological polar surface area (TPSA) is 57.2 Å². The molecule has 0 aliphatic heterocycles. The van der Waals surface area contributed by atoms with Crippen molar-refractivity contribution in [3.05, 3.63) is 33.9 Å².